The summed E-state index contributed by atoms with van der Waals surface area (Å²) in [6.07, 6.45) is 15.0. The summed E-state index contributed by atoms with van der Waals surface area (Å²) in [4.78, 5) is 12.8. The zero-order chi connectivity index (χ0) is 22.2. The van der Waals surface area contributed by atoms with Crippen molar-refractivity contribution in [3.05, 3.63) is 11.6 Å². The van der Waals surface area contributed by atoms with Gasteiger partial charge < -0.3 is 5.11 Å². The molecule has 8 atom stereocenters. The molecule has 1 spiro atoms. The van der Waals surface area contributed by atoms with E-state index in [0.717, 1.165) is 62.2 Å². The average molecular weight is 427 g/mol. The van der Waals surface area contributed by atoms with Crippen LogP contribution in [0.3, 0.4) is 0 Å². The van der Waals surface area contributed by atoms with E-state index in [-0.39, 0.29) is 16.9 Å². The fourth-order valence-corrected chi connectivity index (χ4v) is 9.75. The molecule has 0 bridgehead atoms. The van der Waals surface area contributed by atoms with Crippen LogP contribution in [0.2, 0.25) is 0 Å². The van der Waals surface area contributed by atoms with Crippen LogP contribution in [0.5, 0.6) is 0 Å². The molecule has 0 aromatic heterocycles. The van der Waals surface area contributed by atoms with Crippen LogP contribution in [-0.2, 0) is 4.79 Å². The van der Waals surface area contributed by atoms with E-state index in [1.165, 1.54) is 37.7 Å². The number of carbonyl (C=O) groups is 1. The molecule has 0 aromatic rings. The molecule has 2 heteroatoms. The van der Waals surface area contributed by atoms with Gasteiger partial charge in [-0.15, -0.1) is 0 Å². The molecule has 0 aromatic carbocycles. The monoisotopic (exact) mass is 426 g/mol. The largest absolute Gasteiger partial charge is 0.393 e. The molecule has 1 unspecified atom stereocenters. The quantitative estimate of drug-likeness (QED) is 0.483. The molecule has 4 saturated carbocycles. The Kier molecular flexibility index (Phi) is 5.32. The number of allylic oxidation sites excluding steroid dienone is 2. The number of hydrogen-bond donors (Lipinski definition) is 1. The molecule has 174 valence electrons. The van der Waals surface area contributed by atoms with E-state index in [1.807, 2.05) is 0 Å². The fraction of sp³-hybridized carbons (Fsp3) is 0.897. The second kappa shape index (κ2) is 7.44. The number of aliphatic hydroxyl groups is 1. The molecule has 5 aliphatic carbocycles. The molecular weight excluding hydrogens is 380 g/mol. The van der Waals surface area contributed by atoms with Gasteiger partial charge in [0.15, 0.2) is 0 Å². The molecule has 0 radical (unpaired) electrons. The fourth-order valence-electron chi connectivity index (χ4n) is 9.75. The Hall–Kier alpha value is -0.630. The summed E-state index contributed by atoms with van der Waals surface area (Å²) < 4.78 is 0. The van der Waals surface area contributed by atoms with Crippen LogP contribution >= 0.6 is 0 Å². The molecule has 31 heavy (non-hydrogen) atoms. The molecule has 0 aliphatic heterocycles. The third kappa shape index (κ3) is 3.17. The Balaban J connectivity index is 1.40. The van der Waals surface area contributed by atoms with Crippen molar-refractivity contribution in [3.8, 4) is 0 Å². The van der Waals surface area contributed by atoms with E-state index >= 15 is 0 Å². The highest BCUT2D eigenvalue weighted by atomic mass is 16.3. The lowest BCUT2D eigenvalue weighted by molar-refractivity contribution is -0.141. The van der Waals surface area contributed by atoms with Crippen molar-refractivity contribution in [2.24, 2.45) is 51.8 Å². The second-order valence-corrected chi connectivity index (χ2v) is 13.3. The zero-order valence-corrected chi connectivity index (χ0v) is 20.8. The molecule has 2 nitrogen and oxygen atoms in total. The second-order valence-electron chi connectivity index (χ2n) is 13.3. The van der Waals surface area contributed by atoms with E-state index in [0.29, 0.717) is 23.0 Å². The maximum atomic E-state index is 12.8. The molecule has 5 rings (SSSR count). The minimum absolute atomic E-state index is 0.0506. The summed E-state index contributed by atoms with van der Waals surface area (Å²) in [6.45, 7) is 12.1. The topological polar surface area (TPSA) is 37.3 Å². The number of ketones is 1. The first-order chi connectivity index (χ1) is 14.6. The van der Waals surface area contributed by atoms with Crippen molar-refractivity contribution >= 4 is 5.78 Å². The Morgan fingerprint density at radius 1 is 1.10 bits per heavy atom. The summed E-state index contributed by atoms with van der Waals surface area (Å²) >= 11 is 0. The standard InChI is InChI=1S/C29H46O2/c1-18(2)7-6-8-19(3)21-10-11-22-20-9-12-24-27(4,14-13-25(31)29(24)15-16-29)26(20)23(30)17-28(21,22)5/h12,18-23,26,30H,6-11,13-17H2,1-5H3/t19-,20+,21-,22+,23?,26-,27+,28-/m1/s1. The minimum atomic E-state index is -0.201. The van der Waals surface area contributed by atoms with Gasteiger partial charge in [-0.3, -0.25) is 4.79 Å². The minimum Gasteiger partial charge on any atom is -0.393 e. The molecular formula is C29H46O2. The predicted octanol–water partition coefficient (Wildman–Crippen LogP) is 6.96. The number of fused-ring (bicyclic) bond motifs is 6. The van der Waals surface area contributed by atoms with Crippen LogP contribution in [0.15, 0.2) is 11.6 Å². The van der Waals surface area contributed by atoms with Crippen LogP contribution in [0.4, 0.5) is 0 Å². The van der Waals surface area contributed by atoms with E-state index < -0.39 is 0 Å². The number of hydrogen-bond acceptors (Lipinski definition) is 2. The SMILES string of the molecule is CC(C)CCC[C@@H](C)[C@H]1CC[C@H]2[C@@H]3CC=C4C5(CC5)C(=O)CC[C@]4(C)[C@H]3C(O)C[C@]12C. The van der Waals surface area contributed by atoms with Crippen molar-refractivity contribution < 1.29 is 9.90 Å². The van der Waals surface area contributed by atoms with Gasteiger partial charge in [0, 0.05) is 6.42 Å². The van der Waals surface area contributed by atoms with Crippen molar-refractivity contribution in [2.45, 2.75) is 111 Å². The third-order valence-electron chi connectivity index (χ3n) is 11.3. The van der Waals surface area contributed by atoms with E-state index in [2.05, 4.69) is 40.7 Å². The summed E-state index contributed by atoms with van der Waals surface area (Å²) in [7, 11) is 0. The molecule has 1 N–H and O–H groups in total. The van der Waals surface area contributed by atoms with Gasteiger partial charge in [0.25, 0.3) is 0 Å². The van der Waals surface area contributed by atoms with Gasteiger partial charge in [0.1, 0.15) is 5.78 Å². The molecule has 4 fully saturated rings. The van der Waals surface area contributed by atoms with Gasteiger partial charge in [0.05, 0.1) is 11.5 Å². The Morgan fingerprint density at radius 3 is 2.52 bits per heavy atom. The van der Waals surface area contributed by atoms with Crippen LogP contribution in [-0.4, -0.2) is 17.0 Å². The maximum absolute atomic E-state index is 12.8. The third-order valence-corrected chi connectivity index (χ3v) is 11.3. The van der Waals surface area contributed by atoms with Gasteiger partial charge in [-0.1, -0.05) is 65.5 Å². The molecule has 0 amide bonds. The van der Waals surface area contributed by atoms with Crippen molar-refractivity contribution in [2.75, 3.05) is 0 Å². The summed E-state index contributed by atoms with van der Waals surface area (Å²) in [5.41, 5.74) is 1.69. The summed E-state index contributed by atoms with van der Waals surface area (Å²) in [5.74, 6) is 4.57. The van der Waals surface area contributed by atoms with Crippen molar-refractivity contribution in [1.29, 1.82) is 0 Å². The maximum Gasteiger partial charge on any atom is 0.143 e. The summed E-state index contributed by atoms with van der Waals surface area (Å²) in [6, 6.07) is 0. The van der Waals surface area contributed by atoms with Crippen molar-refractivity contribution in [3.63, 3.8) is 0 Å². The lowest BCUT2D eigenvalue weighted by atomic mass is 9.44. The highest BCUT2D eigenvalue weighted by Gasteiger charge is 2.67. The Labute approximate surface area is 190 Å². The predicted molar refractivity (Wildman–Crippen MR) is 126 cm³/mol. The van der Waals surface area contributed by atoms with Gasteiger partial charge in [-0.2, -0.15) is 0 Å². The normalized spacial score (nSPS) is 46.4. The zero-order valence-electron chi connectivity index (χ0n) is 20.8. The van der Waals surface area contributed by atoms with Crippen LogP contribution in [0.25, 0.3) is 0 Å². The van der Waals surface area contributed by atoms with E-state index in [9.17, 15) is 9.90 Å². The Morgan fingerprint density at radius 2 is 1.84 bits per heavy atom. The van der Waals surface area contributed by atoms with Gasteiger partial charge in [-0.05, 0) is 91.3 Å². The molecule has 5 aliphatic rings. The summed E-state index contributed by atoms with van der Waals surface area (Å²) in [5, 5.41) is 11.7. The highest BCUT2D eigenvalue weighted by Crippen LogP contribution is 2.72. The number of aliphatic hydroxyl groups excluding tert-OH is 1. The molecule has 0 saturated heterocycles. The molecule has 0 heterocycles. The van der Waals surface area contributed by atoms with Gasteiger partial charge >= 0.3 is 0 Å². The van der Waals surface area contributed by atoms with Crippen LogP contribution in [0, 0.1) is 51.8 Å². The van der Waals surface area contributed by atoms with E-state index in [4.69, 9.17) is 0 Å². The van der Waals surface area contributed by atoms with Gasteiger partial charge in [-0.25, -0.2) is 0 Å². The average Bonchev–Trinajstić information content (AvgIpc) is 3.40. The lowest BCUT2D eigenvalue weighted by Crippen LogP contribution is -2.57. The van der Waals surface area contributed by atoms with Crippen LogP contribution < -0.4 is 0 Å². The number of carbonyl (C=O) groups excluding carboxylic acids is 1. The van der Waals surface area contributed by atoms with Crippen LogP contribution in [0.1, 0.15) is 105 Å². The first-order valence-corrected chi connectivity index (χ1v) is 13.6. The highest BCUT2D eigenvalue weighted by molar-refractivity contribution is 5.92. The van der Waals surface area contributed by atoms with Crippen molar-refractivity contribution in [1.82, 2.24) is 0 Å². The first-order valence-electron chi connectivity index (χ1n) is 13.6. The first kappa shape index (κ1) is 22.2. The smallest absolute Gasteiger partial charge is 0.143 e. The Bertz CT molecular complexity index is 761. The number of Topliss-reactive ketones (excluding diaryl/α,β-unsaturated/α-hetero) is 1. The lowest BCUT2D eigenvalue weighted by Gasteiger charge is -2.60. The van der Waals surface area contributed by atoms with Gasteiger partial charge in [0.2, 0.25) is 0 Å². The number of rotatable bonds is 5. The van der Waals surface area contributed by atoms with E-state index in [1.54, 1.807) is 0 Å².